The number of hydrogen-bond acceptors (Lipinski definition) is 5. The molecule has 1 aromatic carbocycles. The molecule has 3 amide bonds. The highest BCUT2D eigenvalue weighted by molar-refractivity contribution is 6.09. The Morgan fingerprint density at radius 3 is 2.57 bits per heavy atom. The van der Waals surface area contributed by atoms with E-state index in [4.69, 9.17) is 4.74 Å². The van der Waals surface area contributed by atoms with Crippen LogP contribution in [0.4, 0.5) is 4.79 Å². The van der Waals surface area contributed by atoms with Gasteiger partial charge in [0, 0.05) is 5.56 Å². The third-order valence-electron chi connectivity index (χ3n) is 5.84. The van der Waals surface area contributed by atoms with Gasteiger partial charge in [0.1, 0.15) is 12.1 Å². The Bertz CT molecular complexity index is 788. The van der Waals surface area contributed by atoms with Crippen molar-refractivity contribution >= 4 is 23.7 Å². The average Bonchev–Trinajstić information content (AvgIpc) is 2.93. The highest BCUT2D eigenvalue weighted by Crippen LogP contribution is 2.38. The maximum Gasteiger partial charge on any atom is 0.326 e. The molecule has 1 saturated carbocycles. The SMILES string of the molecule is CCc1ccc(C(=O)COC(=O)CN2C(=O)N[C@@]3(CCCC[C@H]3C)C2=O)cc1. The highest BCUT2D eigenvalue weighted by Gasteiger charge is 2.55. The Kier molecular flexibility index (Phi) is 5.82. The molecule has 150 valence electrons. The Morgan fingerprint density at radius 2 is 1.93 bits per heavy atom. The molecule has 0 radical (unpaired) electrons. The number of rotatable bonds is 6. The van der Waals surface area contributed by atoms with E-state index in [9.17, 15) is 19.2 Å². The predicted octanol–water partition coefficient (Wildman–Crippen LogP) is 2.48. The van der Waals surface area contributed by atoms with Gasteiger partial charge in [0.2, 0.25) is 0 Å². The largest absolute Gasteiger partial charge is 0.456 e. The van der Waals surface area contributed by atoms with Crippen LogP contribution in [0.3, 0.4) is 0 Å². The summed E-state index contributed by atoms with van der Waals surface area (Å²) >= 11 is 0. The molecule has 1 spiro atoms. The van der Waals surface area contributed by atoms with Crippen molar-refractivity contribution in [3.8, 4) is 0 Å². The van der Waals surface area contributed by atoms with Crippen LogP contribution in [0.5, 0.6) is 0 Å². The molecule has 1 saturated heterocycles. The summed E-state index contributed by atoms with van der Waals surface area (Å²) in [7, 11) is 0. The monoisotopic (exact) mass is 386 g/mol. The molecule has 0 bridgehead atoms. The number of hydrogen-bond donors (Lipinski definition) is 1. The molecule has 1 aromatic rings. The fraction of sp³-hybridized carbons (Fsp3) is 0.524. The number of esters is 1. The van der Waals surface area contributed by atoms with Crippen molar-refractivity contribution in [2.45, 2.75) is 51.5 Å². The molecule has 3 rings (SSSR count). The van der Waals surface area contributed by atoms with E-state index in [1.807, 2.05) is 26.0 Å². The molecule has 1 heterocycles. The van der Waals surface area contributed by atoms with Crippen molar-refractivity contribution in [3.63, 3.8) is 0 Å². The quantitative estimate of drug-likeness (QED) is 0.461. The van der Waals surface area contributed by atoms with Crippen LogP contribution in [-0.4, -0.2) is 47.3 Å². The van der Waals surface area contributed by atoms with Crippen LogP contribution in [0.15, 0.2) is 24.3 Å². The molecule has 7 heteroatoms. The normalized spacial score (nSPS) is 24.4. The summed E-state index contributed by atoms with van der Waals surface area (Å²) in [5, 5.41) is 2.79. The average molecular weight is 386 g/mol. The van der Waals surface area contributed by atoms with Crippen molar-refractivity contribution in [3.05, 3.63) is 35.4 Å². The van der Waals surface area contributed by atoms with Gasteiger partial charge in [-0.2, -0.15) is 0 Å². The molecule has 28 heavy (non-hydrogen) atoms. The Hall–Kier alpha value is -2.70. The van der Waals surface area contributed by atoms with Crippen LogP contribution in [-0.2, 0) is 20.7 Å². The number of carbonyl (C=O) groups excluding carboxylic acids is 4. The zero-order chi connectivity index (χ0) is 20.3. The van der Waals surface area contributed by atoms with Crippen LogP contribution in [0.25, 0.3) is 0 Å². The standard InChI is InChI=1S/C21H26N2O5/c1-3-15-7-9-16(10-8-15)17(24)13-28-18(25)12-23-19(26)21(22-20(23)27)11-5-4-6-14(21)2/h7-10,14H,3-6,11-13H2,1-2H3,(H,22,27)/t14-,21-/m1/s1. The van der Waals surface area contributed by atoms with Gasteiger partial charge in [0.25, 0.3) is 5.91 Å². The summed E-state index contributed by atoms with van der Waals surface area (Å²) in [5.41, 5.74) is 0.653. The van der Waals surface area contributed by atoms with Crippen LogP contribution in [0.2, 0.25) is 0 Å². The summed E-state index contributed by atoms with van der Waals surface area (Å²) in [6, 6.07) is 6.53. The molecule has 7 nitrogen and oxygen atoms in total. The maximum atomic E-state index is 12.8. The van der Waals surface area contributed by atoms with Gasteiger partial charge in [0.05, 0.1) is 0 Å². The molecule has 1 aliphatic carbocycles. The molecule has 0 unspecified atom stereocenters. The van der Waals surface area contributed by atoms with Crippen LogP contribution in [0.1, 0.15) is 55.5 Å². The summed E-state index contributed by atoms with van der Waals surface area (Å²) in [4.78, 5) is 50.3. The first kappa shape index (κ1) is 20.0. The summed E-state index contributed by atoms with van der Waals surface area (Å²) < 4.78 is 5.01. The lowest BCUT2D eigenvalue weighted by Crippen LogP contribution is -2.54. The number of nitrogens with zero attached hydrogens (tertiary/aromatic N) is 1. The first-order valence-corrected chi connectivity index (χ1v) is 9.79. The van der Waals surface area contributed by atoms with Gasteiger partial charge in [-0.15, -0.1) is 0 Å². The first-order chi connectivity index (χ1) is 13.4. The van der Waals surface area contributed by atoms with Crippen molar-refractivity contribution < 1.29 is 23.9 Å². The number of aryl methyl sites for hydroxylation is 1. The van der Waals surface area contributed by atoms with Crippen molar-refractivity contribution in [1.82, 2.24) is 10.2 Å². The second kappa shape index (κ2) is 8.12. The third kappa shape index (κ3) is 3.79. The van der Waals surface area contributed by atoms with Crippen molar-refractivity contribution in [1.29, 1.82) is 0 Å². The number of imide groups is 1. The van der Waals surface area contributed by atoms with E-state index < -0.39 is 30.7 Å². The summed E-state index contributed by atoms with van der Waals surface area (Å²) in [6.07, 6.45) is 4.19. The minimum Gasteiger partial charge on any atom is -0.456 e. The molecule has 0 aromatic heterocycles. The van der Waals surface area contributed by atoms with E-state index in [2.05, 4.69) is 5.32 Å². The Balaban J connectivity index is 1.56. The van der Waals surface area contributed by atoms with Crippen molar-refractivity contribution in [2.24, 2.45) is 5.92 Å². The number of ketones is 1. The van der Waals surface area contributed by atoms with E-state index >= 15 is 0 Å². The molecule has 2 aliphatic rings. The molecule has 1 aliphatic heterocycles. The molecule has 2 fully saturated rings. The topological polar surface area (TPSA) is 92.8 Å². The van der Waals surface area contributed by atoms with Crippen molar-refractivity contribution in [2.75, 3.05) is 13.2 Å². The molecular formula is C21H26N2O5. The van der Waals surface area contributed by atoms with Gasteiger partial charge in [0.15, 0.2) is 12.4 Å². The second-order valence-electron chi connectivity index (χ2n) is 7.57. The number of amides is 3. The molecule has 2 atom stereocenters. The van der Waals surface area contributed by atoms with Gasteiger partial charge in [-0.3, -0.25) is 19.3 Å². The van der Waals surface area contributed by atoms with Gasteiger partial charge < -0.3 is 10.1 Å². The third-order valence-corrected chi connectivity index (χ3v) is 5.84. The maximum absolute atomic E-state index is 12.8. The fourth-order valence-electron chi connectivity index (χ4n) is 3.97. The van der Waals surface area contributed by atoms with E-state index in [0.717, 1.165) is 36.1 Å². The minimum absolute atomic E-state index is 0.0198. The minimum atomic E-state index is -0.910. The number of carbonyl (C=O) groups is 4. The Morgan fingerprint density at radius 1 is 1.21 bits per heavy atom. The van der Waals surface area contributed by atoms with E-state index in [-0.39, 0.29) is 17.6 Å². The lowest BCUT2D eigenvalue weighted by atomic mass is 9.73. The smallest absolute Gasteiger partial charge is 0.326 e. The van der Waals surface area contributed by atoms with Gasteiger partial charge in [-0.1, -0.05) is 51.0 Å². The molecular weight excluding hydrogens is 360 g/mol. The lowest BCUT2D eigenvalue weighted by Gasteiger charge is -2.36. The number of Topliss-reactive ketones (excluding diaryl/α,β-unsaturated/α-hetero) is 1. The molecule has 1 N–H and O–H groups in total. The van der Waals surface area contributed by atoms with Crippen LogP contribution < -0.4 is 5.32 Å². The predicted molar refractivity (Wildman–Crippen MR) is 102 cm³/mol. The van der Waals surface area contributed by atoms with Crippen LogP contribution >= 0.6 is 0 Å². The number of ether oxygens (including phenoxy) is 1. The second-order valence-corrected chi connectivity index (χ2v) is 7.57. The highest BCUT2D eigenvalue weighted by atomic mass is 16.5. The van der Waals surface area contributed by atoms with Gasteiger partial charge >= 0.3 is 12.0 Å². The van der Waals surface area contributed by atoms with E-state index in [0.29, 0.717) is 12.0 Å². The first-order valence-electron chi connectivity index (χ1n) is 9.79. The fourth-order valence-corrected chi connectivity index (χ4v) is 3.97. The van der Waals surface area contributed by atoms with E-state index in [1.165, 1.54) is 0 Å². The Labute approximate surface area is 164 Å². The zero-order valence-electron chi connectivity index (χ0n) is 16.3. The number of nitrogens with one attached hydrogen (secondary N) is 1. The van der Waals surface area contributed by atoms with E-state index in [1.54, 1.807) is 12.1 Å². The number of benzene rings is 1. The summed E-state index contributed by atoms with van der Waals surface area (Å²) in [6.45, 7) is 3.06. The summed E-state index contributed by atoms with van der Waals surface area (Å²) in [5.74, 6) is -1.46. The van der Waals surface area contributed by atoms with Gasteiger partial charge in [-0.25, -0.2) is 4.79 Å². The lowest BCUT2D eigenvalue weighted by molar-refractivity contribution is -0.147. The number of urea groups is 1. The van der Waals surface area contributed by atoms with Gasteiger partial charge in [-0.05, 0) is 30.7 Å². The van der Waals surface area contributed by atoms with Crippen LogP contribution in [0, 0.1) is 5.92 Å². The zero-order valence-corrected chi connectivity index (χ0v) is 16.3.